The molecule has 0 bridgehead atoms. The molecule has 0 N–H and O–H groups in total. The number of ether oxygens (including phenoxy) is 1. The van der Waals surface area contributed by atoms with E-state index in [0.717, 1.165) is 11.2 Å². The second-order valence-corrected chi connectivity index (χ2v) is 6.05. The summed E-state index contributed by atoms with van der Waals surface area (Å²) in [5.74, 6) is 0.841. The van der Waals surface area contributed by atoms with E-state index in [1.807, 2.05) is 0 Å². The summed E-state index contributed by atoms with van der Waals surface area (Å²) in [4.78, 5) is 9.39. The third kappa shape index (κ3) is 6.56. The van der Waals surface area contributed by atoms with Gasteiger partial charge in [-0.1, -0.05) is 59.5 Å². The lowest BCUT2D eigenvalue weighted by Gasteiger charge is -2.21. The Morgan fingerprint density at radius 3 is 2.20 bits per heavy atom. The largest absolute Gasteiger partial charge is 0.465 e. The zero-order chi connectivity index (χ0) is 14.8. The van der Waals surface area contributed by atoms with E-state index in [1.54, 1.807) is 19.4 Å². The van der Waals surface area contributed by atoms with Gasteiger partial charge in [0.25, 0.3) is 6.47 Å². The molecule has 112 valence electrons. The Balaban J connectivity index is 0.000000286. The van der Waals surface area contributed by atoms with Crippen LogP contribution in [0, 0.1) is 0 Å². The van der Waals surface area contributed by atoms with E-state index in [1.165, 1.54) is 37.7 Å². The highest BCUT2D eigenvalue weighted by atomic mass is 79.9. The van der Waals surface area contributed by atoms with Gasteiger partial charge in [-0.25, -0.2) is 0 Å². The molecule has 1 aromatic rings. The van der Waals surface area contributed by atoms with Crippen LogP contribution in [0.4, 0.5) is 0 Å². The molecule has 0 atom stereocenters. The maximum Gasteiger partial charge on any atom is 0.293 e. The van der Waals surface area contributed by atoms with Crippen molar-refractivity contribution in [2.45, 2.75) is 63.3 Å². The molecular formula is C17H25BrO2. The Bertz CT molecular complexity index is 367. The van der Waals surface area contributed by atoms with Crippen LogP contribution < -0.4 is 0 Å². The molecule has 1 fully saturated rings. The minimum Gasteiger partial charge on any atom is -0.465 e. The van der Waals surface area contributed by atoms with E-state index in [4.69, 9.17) is 0 Å². The summed E-state index contributed by atoms with van der Waals surface area (Å²) in [5, 5.41) is 0.970. The van der Waals surface area contributed by atoms with E-state index >= 15 is 0 Å². The van der Waals surface area contributed by atoms with Crippen LogP contribution in [0.1, 0.15) is 63.0 Å². The monoisotopic (exact) mass is 340 g/mol. The Kier molecular flexibility index (Phi) is 8.59. The fourth-order valence-corrected chi connectivity index (χ4v) is 2.80. The molecule has 1 aliphatic rings. The van der Waals surface area contributed by atoms with Crippen molar-refractivity contribution in [2.75, 3.05) is 0 Å². The molecule has 3 heteroatoms. The zero-order valence-corrected chi connectivity index (χ0v) is 14.1. The first-order chi connectivity index (χ1) is 9.67. The van der Waals surface area contributed by atoms with Crippen molar-refractivity contribution in [1.82, 2.24) is 0 Å². The predicted molar refractivity (Wildman–Crippen MR) is 87.2 cm³/mol. The first-order valence-corrected chi connectivity index (χ1v) is 8.53. The number of benzene rings is 1. The molecule has 1 aromatic carbocycles. The maximum absolute atomic E-state index is 9.39. The Morgan fingerprint density at radius 2 is 1.80 bits per heavy atom. The standard InChI is InChI=1S/C13H17Br.C4H8O2/c14-10-11-6-8-13(9-7-11)12-4-2-1-3-5-12;1-4(2)6-3-5/h6-9,12H,1-5,10H2;3-4H,1-2H3. The van der Waals surface area contributed by atoms with Crippen molar-refractivity contribution >= 4 is 22.4 Å². The van der Waals surface area contributed by atoms with Crippen molar-refractivity contribution in [3.8, 4) is 0 Å². The minimum absolute atomic E-state index is 0.0301. The van der Waals surface area contributed by atoms with Crippen molar-refractivity contribution in [3.05, 3.63) is 35.4 Å². The summed E-state index contributed by atoms with van der Waals surface area (Å²) in [6.07, 6.45) is 7.11. The molecule has 1 saturated carbocycles. The molecule has 0 heterocycles. The minimum atomic E-state index is 0.0301. The van der Waals surface area contributed by atoms with Crippen molar-refractivity contribution in [2.24, 2.45) is 0 Å². The number of halogens is 1. The van der Waals surface area contributed by atoms with E-state index in [2.05, 4.69) is 44.9 Å². The first-order valence-electron chi connectivity index (χ1n) is 7.41. The van der Waals surface area contributed by atoms with Crippen molar-refractivity contribution in [1.29, 1.82) is 0 Å². The molecule has 0 spiro atoms. The first kappa shape index (κ1) is 17.2. The highest BCUT2D eigenvalue weighted by Crippen LogP contribution is 2.32. The third-order valence-electron chi connectivity index (χ3n) is 3.54. The second-order valence-electron chi connectivity index (χ2n) is 5.49. The lowest BCUT2D eigenvalue weighted by Crippen LogP contribution is -2.04. The highest BCUT2D eigenvalue weighted by Gasteiger charge is 2.14. The number of alkyl halides is 1. The van der Waals surface area contributed by atoms with Crippen LogP contribution in [0.3, 0.4) is 0 Å². The molecule has 0 radical (unpaired) electrons. The van der Waals surface area contributed by atoms with Gasteiger partial charge in [0.1, 0.15) is 0 Å². The second kappa shape index (κ2) is 9.98. The van der Waals surface area contributed by atoms with Gasteiger partial charge in [0, 0.05) is 5.33 Å². The van der Waals surface area contributed by atoms with Crippen LogP contribution in [-0.2, 0) is 14.9 Å². The van der Waals surface area contributed by atoms with Crippen LogP contribution >= 0.6 is 15.9 Å². The number of hydrogen-bond donors (Lipinski definition) is 0. The molecule has 1 aliphatic carbocycles. The normalized spacial score (nSPS) is 15.4. The molecule has 2 rings (SSSR count). The van der Waals surface area contributed by atoms with Gasteiger partial charge in [-0.3, -0.25) is 4.79 Å². The van der Waals surface area contributed by atoms with Gasteiger partial charge in [-0.2, -0.15) is 0 Å². The Morgan fingerprint density at radius 1 is 1.20 bits per heavy atom. The number of carbonyl (C=O) groups excluding carboxylic acids is 1. The molecule has 0 unspecified atom stereocenters. The van der Waals surface area contributed by atoms with E-state index < -0.39 is 0 Å². The smallest absolute Gasteiger partial charge is 0.293 e. The molecule has 0 saturated heterocycles. The SMILES string of the molecule is BrCc1ccc(C2CCCCC2)cc1.CC(C)OC=O. The Hall–Kier alpha value is -0.830. The molecule has 20 heavy (non-hydrogen) atoms. The van der Waals surface area contributed by atoms with Crippen LogP contribution in [0.5, 0.6) is 0 Å². The van der Waals surface area contributed by atoms with Gasteiger partial charge in [-0.15, -0.1) is 0 Å². The van der Waals surface area contributed by atoms with E-state index in [9.17, 15) is 4.79 Å². The fraction of sp³-hybridized carbons (Fsp3) is 0.588. The summed E-state index contributed by atoms with van der Waals surface area (Å²) in [6.45, 7) is 4.05. The number of rotatable bonds is 4. The third-order valence-corrected chi connectivity index (χ3v) is 4.19. The average molecular weight is 341 g/mol. The van der Waals surface area contributed by atoms with E-state index in [-0.39, 0.29) is 6.10 Å². The average Bonchev–Trinajstić information content (AvgIpc) is 2.49. The topological polar surface area (TPSA) is 26.3 Å². The lowest BCUT2D eigenvalue weighted by atomic mass is 9.84. The molecule has 0 aromatic heterocycles. The fourth-order valence-electron chi connectivity index (χ4n) is 2.43. The van der Waals surface area contributed by atoms with Gasteiger partial charge in [0.05, 0.1) is 6.10 Å². The zero-order valence-electron chi connectivity index (χ0n) is 12.5. The molecular weight excluding hydrogens is 316 g/mol. The Labute approximate surface area is 131 Å². The van der Waals surface area contributed by atoms with Gasteiger partial charge < -0.3 is 4.74 Å². The predicted octanol–water partition coefficient (Wildman–Crippen LogP) is 5.20. The quantitative estimate of drug-likeness (QED) is 0.556. The number of hydrogen-bond acceptors (Lipinski definition) is 2. The summed E-state index contributed by atoms with van der Waals surface area (Å²) < 4.78 is 4.36. The summed E-state index contributed by atoms with van der Waals surface area (Å²) >= 11 is 3.48. The van der Waals surface area contributed by atoms with E-state index in [0.29, 0.717) is 6.47 Å². The van der Waals surface area contributed by atoms with Gasteiger partial charge in [0.15, 0.2) is 0 Å². The van der Waals surface area contributed by atoms with Crippen molar-refractivity contribution < 1.29 is 9.53 Å². The van der Waals surface area contributed by atoms with Gasteiger partial charge in [0.2, 0.25) is 0 Å². The summed E-state index contributed by atoms with van der Waals surface area (Å²) in [5.41, 5.74) is 2.93. The molecule has 0 aliphatic heterocycles. The molecule has 2 nitrogen and oxygen atoms in total. The lowest BCUT2D eigenvalue weighted by molar-refractivity contribution is -0.131. The number of carbonyl (C=O) groups is 1. The van der Waals surface area contributed by atoms with Crippen LogP contribution in [0.15, 0.2) is 24.3 Å². The van der Waals surface area contributed by atoms with Gasteiger partial charge in [-0.05, 0) is 43.7 Å². The summed E-state index contributed by atoms with van der Waals surface area (Å²) in [6, 6.07) is 9.12. The van der Waals surface area contributed by atoms with Crippen LogP contribution in [0.25, 0.3) is 0 Å². The van der Waals surface area contributed by atoms with Crippen LogP contribution in [-0.4, -0.2) is 12.6 Å². The van der Waals surface area contributed by atoms with Gasteiger partial charge >= 0.3 is 0 Å². The summed E-state index contributed by atoms with van der Waals surface area (Å²) in [7, 11) is 0. The highest BCUT2D eigenvalue weighted by molar-refractivity contribution is 9.08. The van der Waals surface area contributed by atoms with Crippen LogP contribution in [0.2, 0.25) is 0 Å². The molecule has 0 amide bonds. The van der Waals surface area contributed by atoms with Crippen molar-refractivity contribution in [3.63, 3.8) is 0 Å². The maximum atomic E-state index is 9.39.